The summed E-state index contributed by atoms with van der Waals surface area (Å²) in [6.45, 7) is 0.275. The number of halogens is 3. The normalized spacial score (nSPS) is 20.5. The van der Waals surface area contributed by atoms with Crippen LogP contribution in [0.15, 0.2) is 0 Å². The molecule has 14 heavy (non-hydrogen) atoms. The average Bonchev–Trinajstić information content (AvgIpc) is 1.94. The van der Waals surface area contributed by atoms with Crippen LogP contribution in [-0.2, 0) is 15.5 Å². The van der Waals surface area contributed by atoms with Crippen molar-refractivity contribution >= 4 is 10.8 Å². The second-order valence-electron chi connectivity index (χ2n) is 3.21. The first-order valence-electron chi connectivity index (χ1n) is 4.17. The Morgan fingerprint density at radius 2 is 2.07 bits per heavy atom. The zero-order valence-corrected chi connectivity index (χ0v) is 8.29. The summed E-state index contributed by atoms with van der Waals surface area (Å²) in [5.74, 6) is 0.422. The standard InChI is InChI=1S/C7H12F3NO2S/c8-7(9,10)4-13-5-14(12)3-6-1-11-2-6/h6,11H,1-5H2. The van der Waals surface area contributed by atoms with Crippen LogP contribution in [-0.4, -0.2) is 41.8 Å². The van der Waals surface area contributed by atoms with Gasteiger partial charge in [0.15, 0.2) is 0 Å². The number of nitrogens with one attached hydrogen (secondary N) is 1. The summed E-state index contributed by atoms with van der Waals surface area (Å²) in [5.41, 5.74) is 0. The summed E-state index contributed by atoms with van der Waals surface area (Å²) in [4.78, 5) is 0. The van der Waals surface area contributed by atoms with Gasteiger partial charge in [-0.15, -0.1) is 0 Å². The Bertz CT molecular complexity index is 206. The van der Waals surface area contributed by atoms with Gasteiger partial charge in [-0.1, -0.05) is 0 Å². The highest BCUT2D eigenvalue weighted by atomic mass is 32.2. The third kappa shape index (κ3) is 4.92. The van der Waals surface area contributed by atoms with E-state index in [0.717, 1.165) is 13.1 Å². The fourth-order valence-electron chi connectivity index (χ4n) is 1.03. The van der Waals surface area contributed by atoms with Crippen LogP contribution >= 0.6 is 0 Å². The molecule has 0 bridgehead atoms. The Kier molecular flexibility index (Phi) is 4.33. The summed E-state index contributed by atoms with van der Waals surface area (Å²) >= 11 is 0. The Morgan fingerprint density at radius 1 is 1.43 bits per heavy atom. The molecule has 0 aromatic carbocycles. The molecule has 0 aliphatic carbocycles. The smallest absolute Gasteiger partial charge is 0.359 e. The molecule has 1 rings (SSSR count). The fourth-order valence-corrected chi connectivity index (χ4v) is 2.15. The summed E-state index contributed by atoms with van der Waals surface area (Å²) in [5, 5.41) is 2.99. The molecule has 0 aromatic rings. The van der Waals surface area contributed by atoms with Gasteiger partial charge in [-0.2, -0.15) is 13.2 Å². The second-order valence-corrected chi connectivity index (χ2v) is 4.66. The van der Waals surface area contributed by atoms with Crippen LogP contribution in [0.2, 0.25) is 0 Å². The van der Waals surface area contributed by atoms with Crippen molar-refractivity contribution in [2.75, 3.05) is 31.4 Å². The van der Waals surface area contributed by atoms with E-state index < -0.39 is 23.6 Å². The molecule has 0 radical (unpaired) electrons. The van der Waals surface area contributed by atoms with Crippen molar-refractivity contribution in [2.45, 2.75) is 6.18 Å². The van der Waals surface area contributed by atoms with Gasteiger partial charge in [-0.25, -0.2) is 0 Å². The highest BCUT2D eigenvalue weighted by molar-refractivity contribution is 7.84. The first-order valence-corrected chi connectivity index (χ1v) is 5.66. The maximum Gasteiger partial charge on any atom is 0.411 e. The molecule has 0 saturated carbocycles. The minimum atomic E-state index is -4.33. The summed E-state index contributed by atoms with van der Waals surface area (Å²) < 4.78 is 50.2. The number of hydrogen-bond acceptors (Lipinski definition) is 3. The van der Waals surface area contributed by atoms with Crippen molar-refractivity contribution in [1.82, 2.24) is 5.32 Å². The Balaban J connectivity index is 2.03. The maximum atomic E-state index is 11.6. The molecule has 1 fully saturated rings. The molecule has 7 heteroatoms. The lowest BCUT2D eigenvalue weighted by Crippen LogP contribution is -2.45. The van der Waals surface area contributed by atoms with Crippen LogP contribution in [0.5, 0.6) is 0 Å². The molecule has 1 aliphatic heterocycles. The maximum absolute atomic E-state index is 11.6. The SMILES string of the molecule is O=S(COCC(F)(F)F)CC1CNC1. The highest BCUT2D eigenvalue weighted by Gasteiger charge is 2.28. The molecule has 84 valence electrons. The molecule has 1 heterocycles. The molecule has 1 aliphatic rings. The van der Waals surface area contributed by atoms with E-state index >= 15 is 0 Å². The van der Waals surface area contributed by atoms with Crippen molar-refractivity contribution in [3.63, 3.8) is 0 Å². The molecule has 0 spiro atoms. The molecule has 1 N–H and O–H groups in total. The minimum absolute atomic E-state index is 0.323. The van der Waals surface area contributed by atoms with Crippen molar-refractivity contribution in [3.05, 3.63) is 0 Å². The van der Waals surface area contributed by atoms with Gasteiger partial charge < -0.3 is 10.1 Å². The molecule has 1 saturated heterocycles. The van der Waals surface area contributed by atoms with E-state index in [-0.39, 0.29) is 5.94 Å². The zero-order chi connectivity index (χ0) is 10.6. The monoisotopic (exact) mass is 231 g/mol. The topological polar surface area (TPSA) is 38.3 Å². The van der Waals surface area contributed by atoms with E-state index in [1.807, 2.05) is 0 Å². The number of alkyl halides is 3. The fraction of sp³-hybridized carbons (Fsp3) is 1.00. The minimum Gasteiger partial charge on any atom is -0.359 e. The van der Waals surface area contributed by atoms with Crippen molar-refractivity contribution < 1.29 is 22.1 Å². The van der Waals surface area contributed by atoms with Crippen LogP contribution in [0.25, 0.3) is 0 Å². The first kappa shape index (κ1) is 11.9. The second kappa shape index (κ2) is 5.09. The largest absolute Gasteiger partial charge is 0.411 e. The first-order chi connectivity index (χ1) is 6.47. The molecule has 0 amide bonds. The Morgan fingerprint density at radius 3 is 2.50 bits per heavy atom. The molecule has 1 atom stereocenters. The van der Waals surface area contributed by atoms with E-state index in [4.69, 9.17) is 0 Å². The van der Waals surface area contributed by atoms with E-state index in [9.17, 15) is 17.4 Å². The Labute approximate surface area is 82.5 Å². The van der Waals surface area contributed by atoms with Gasteiger partial charge in [-0.3, -0.25) is 4.21 Å². The average molecular weight is 231 g/mol. The molecular formula is C7H12F3NO2S. The van der Waals surface area contributed by atoms with Crippen molar-refractivity contribution in [1.29, 1.82) is 0 Å². The van der Waals surface area contributed by atoms with Gasteiger partial charge in [0.05, 0.1) is 0 Å². The van der Waals surface area contributed by atoms with E-state index in [0.29, 0.717) is 11.7 Å². The summed E-state index contributed by atoms with van der Waals surface area (Å²) in [6.07, 6.45) is -4.33. The predicted octanol–water partition coefficient (Wildman–Crippen LogP) is 0.491. The van der Waals surface area contributed by atoms with Gasteiger partial charge in [0.25, 0.3) is 0 Å². The van der Waals surface area contributed by atoms with Gasteiger partial charge in [0.1, 0.15) is 12.5 Å². The van der Waals surface area contributed by atoms with Crippen LogP contribution in [0.4, 0.5) is 13.2 Å². The van der Waals surface area contributed by atoms with E-state index in [1.165, 1.54) is 0 Å². The lowest BCUT2D eigenvalue weighted by Gasteiger charge is -2.26. The van der Waals surface area contributed by atoms with Gasteiger partial charge in [0.2, 0.25) is 0 Å². The van der Waals surface area contributed by atoms with Gasteiger partial charge in [-0.05, 0) is 5.92 Å². The zero-order valence-electron chi connectivity index (χ0n) is 7.47. The van der Waals surface area contributed by atoms with Gasteiger partial charge >= 0.3 is 6.18 Å². The van der Waals surface area contributed by atoms with Crippen LogP contribution in [0.3, 0.4) is 0 Å². The number of ether oxygens (including phenoxy) is 1. The number of rotatable bonds is 5. The molecule has 3 nitrogen and oxygen atoms in total. The third-order valence-electron chi connectivity index (χ3n) is 1.77. The van der Waals surface area contributed by atoms with E-state index in [1.54, 1.807) is 0 Å². The lowest BCUT2D eigenvalue weighted by molar-refractivity contribution is -0.169. The van der Waals surface area contributed by atoms with Crippen LogP contribution < -0.4 is 5.32 Å². The quantitative estimate of drug-likeness (QED) is 0.748. The predicted molar refractivity (Wildman–Crippen MR) is 46.2 cm³/mol. The lowest BCUT2D eigenvalue weighted by atomic mass is 10.1. The highest BCUT2D eigenvalue weighted by Crippen LogP contribution is 2.14. The summed E-state index contributed by atoms with van der Waals surface area (Å²) in [6, 6.07) is 0. The van der Waals surface area contributed by atoms with Crippen LogP contribution in [0, 0.1) is 5.92 Å². The molecular weight excluding hydrogens is 219 g/mol. The number of hydrogen-bond donors (Lipinski definition) is 1. The van der Waals surface area contributed by atoms with E-state index in [2.05, 4.69) is 10.1 Å². The third-order valence-corrected chi connectivity index (χ3v) is 3.04. The van der Waals surface area contributed by atoms with Crippen LogP contribution in [0.1, 0.15) is 0 Å². The summed E-state index contributed by atoms with van der Waals surface area (Å²) in [7, 11) is -1.30. The molecule has 1 unspecified atom stereocenters. The molecule has 0 aromatic heterocycles. The van der Waals surface area contributed by atoms with Crippen molar-refractivity contribution in [2.24, 2.45) is 5.92 Å². The van der Waals surface area contributed by atoms with Gasteiger partial charge in [0, 0.05) is 29.6 Å². The Hall–Kier alpha value is -0.140. The van der Waals surface area contributed by atoms with Crippen molar-refractivity contribution in [3.8, 4) is 0 Å².